The lowest BCUT2D eigenvalue weighted by molar-refractivity contribution is -0.143. The van der Waals surface area contributed by atoms with Crippen LogP contribution >= 0.6 is 11.8 Å². The number of halogens is 2. The summed E-state index contributed by atoms with van der Waals surface area (Å²) in [4.78, 5) is 22.9. The largest absolute Gasteiger partial charge is 0.480 e. The molecule has 0 spiro atoms. The zero-order valence-corrected chi connectivity index (χ0v) is 12.1. The second-order valence-electron chi connectivity index (χ2n) is 4.09. The first-order chi connectivity index (χ1) is 9.93. The molecule has 1 rings (SSSR count). The number of rotatable bonds is 8. The summed E-state index contributed by atoms with van der Waals surface area (Å²) in [6.45, 7) is -0.128. The Hall–Kier alpha value is -1.67. The summed E-state index contributed by atoms with van der Waals surface area (Å²) in [5.41, 5.74) is 0. The smallest absolute Gasteiger partial charge is 0.328 e. The number of ether oxygens (including phenoxy) is 1. The van der Waals surface area contributed by atoms with Crippen LogP contribution in [0.5, 0.6) is 0 Å². The molecular formula is C13H15F2NO4S. The van der Waals surface area contributed by atoms with Gasteiger partial charge >= 0.3 is 5.97 Å². The lowest BCUT2D eigenvalue weighted by Crippen LogP contribution is -2.43. The standard InChI is InChI=1S/C13H15F2NO4S/c1-20-7-11(13(18)19)16-12(17)4-5-21-8-2-3-9(14)10(15)6-8/h2-3,6,11H,4-5,7H2,1H3,(H,16,17)(H,18,19). The van der Waals surface area contributed by atoms with Gasteiger partial charge in [-0.3, -0.25) is 4.79 Å². The number of amides is 1. The molecule has 0 fully saturated rings. The fourth-order valence-corrected chi connectivity index (χ4v) is 2.31. The van der Waals surface area contributed by atoms with Gasteiger partial charge in [-0.2, -0.15) is 0 Å². The third-order valence-corrected chi connectivity index (χ3v) is 3.45. The number of thioether (sulfide) groups is 1. The highest BCUT2D eigenvalue weighted by molar-refractivity contribution is 7.99. The SMILES string of the molecule is COCC(NC(=O)CCSc1ccc(F)c(F)c1)C(=O)O. The molecule has 8 heteroatoms. The third kappa shape index (κ3) is 6.09. The van der Waals surface area contributed by atoms with E-state index in [1.54, 1.807) is 0 Å². The van der Waals surface area contributed by atoms with Crippen molar-refractivity contribution >= 4 is 23.6 Å². The molecule has 2 N–H and O–H groups in total. The molecule has 0 aliphatic carbocycles. The van der Waals surface area contributed by atoms with Crippen molar-refractivity contribution in [2.45, 2.75) is 17.4 Å². The zero-order chi connectivity index (χ0) is 15.8. The van der Waals surface area contributed by atoms with Crippen LogP contribution in [0.15, 0.2) is 23.1 Å². The molecular weight excluding hydrogens is 304 g/mol. The van der Waals surface area contributed by atoms with Crippen molar-refractivity contribution in [3.8, 4) is 0 Å². The quantitative estimate of drug-likeness (QED) is 0.713. The Labute approximate surface area is 124 Å². The van der Waals surface area contributed by atoms with Gasteiger partial charge in [-0.25, -0.2) is 13.6 Å². The summed E-state index contributed by atoms with van der Waals surface area (Å²) >= 11 is 1.17. The van der Waals surface area contributed by atoms with Crippen molar-refractivity contribution in [3.63, 3.8) is 0 Å². The molecule has 0 aliphatic heterocycles. The average Bonchev–Trinajstić information content (AvgIpc) is 2.42. The fourth-order valence-electron chi connectivity index (χ4n) is 1.44. The zero-order valence-electron chi connectivity index (χ0n) is 11.3. The summed E-state index contributed by atoms with van der Waals surface area (Å²) in [7, 11) is 1.33. The molecule has 21 heavy (non-hydrogen) atoms. The number of carboxylic acid groups (broad SMARTS) is 1. The number of carbonyl (C=O) groups excluding carboxylic acids is 1. The Bertz CT molecular complexity index is 513. The summed E-state index contributed by atoms with van der Waals surface area (Å²) in [6.07, 6.45) is 0.0527. The number of carbonyl (C=O) groups is 2. The van der Waals surface area contributed by atoms with Gasteiger partial charge in [-0.1, -0.05) is 0 Å². The molecule has 0 saturated carbocycles. The number of carboxylic acids is 1. The molecule has 0 heterocycles. The predicted octanol–water partition coefficient (Wildman–Crippen LogP) is 1.66. The maximum absolute atomic E-state index is 13.0. The first kappa shape index (κ1) is 17.4. The maximum atomic E-state index is 13.0. The van der Waals surface area contributed by atoms with E-state index >= 15 is 0 Å². The van der Waals surface area contributed by atoms with E-state index < -0.39 is 29.6 Å². The number of hydrogen-bond acceptors (Lipinski definition) is 4. The average molecular weight is 319 g/mol. The van der Waals surface area contributed by atoms with Gasteiger partial charge in [0, 0.05) is 24.2 Å². The van der Waals surface area contributed by atoms with Gasteiger partial charge < -0.3 is 15.2 Å². The molecule has 0 aromatic heterocycles. The monoisotopic (exact) mass is 319 g/mol. The number of nitrogens with one attached hydrogen (secondary N) is 1. The van der Waals surface area contributed by atoms with Crippen molar-refractivity contribution in [2.24, 2.45) is 0 Å². The molecule has 0 saturated heterocycles. The van der Waals surface area contributed by atoms with E-state index in [9.17, 15) is 18.4 Å². The van der Waals surface area contributed by atoms with E-state index in [4.69, 9.17) is 5.11 Å². The normalized spacial score (nSPS) is 12.0. The van der Waals surface area contributed by atoms with E-state index in [0.29, 0.717) is 10.6 Å². The minimum Gasteiger partial charge on any atom is -0.480 e. The molecule has 116 valence electrons. The molecule has 0 bridgehead atoms. The number of hydrogen-bond donors (Lipinski definition) is 2. The van der Waals surface area contributed by atoms with Gasteiger partial charge in [0.1, 0.15) is 0 Å². The van der Waals surface area contributed by atoms with Crippen molar-refractivity contribution in [1.29, 1.82) is 0 Å². The maximum Gasteiger partial charge on any atom is 0.328 e. The van der Waals surface area contributed by atoms with Gasteiger partial charge in [-0.05, 0) is 18.2 Å². The topological polar surface area (TPSA) is 75.6 Å². The first-order valence-electron chi connectivity index (χ1n) is 6.03. The van der Waals surface area contributed by atoms with Gasteiger partial charge in [0.2, 0.25) is 5.91 Å². The molecule has 0 aliphatic rings. The van der Waals surface area contributed by atoms with Crippen molar-refractivity contribution < 1.29 is 28.2 Å². The fraction of sp³-hybridized carbons (Fsp3) is 0.385. The Morgan fingerprint density at radius 2 is 2.10 bits per heavy atom. The molecule has 1 aromatic rings. The Balaban J connectivity index is 2.39. The van der Waals surface area contributed by atoms with Crippen LogP contribution in [0.2, 0.25) is 0 Å². The Morgan fingerprint density at radius 3 is 2.67 bits per heavy atom. The Kier molecular flexibility index (Phi) is 7.10. The van der Waals surface area contributed by atoms with Gasteiger partial charge in [0.05, 0.1) is 6.61 Å². The second kappa shape index (κ2) is 8.58. The van der Waals surface area contributed by atoms with Crippen molar-refractivity contribution in [3.05, 3.63) is 29.8 Å². The van der Waals surface area contributed by atoms with Crippen LogP contribution < -0.4 is 5.32 Å². The van der Waals surface area contributed by atoms with Crippen LogP contribution in [0, 0.1) is 11.6 Å². The van der Waals surface area contributed by atoms with E-state index in [-0.39, 0.29) is 13.0 Å². The van der Waals surface area contributed by atoms with Crippen LogP contribution in [0.1, 0.15) is 6.42 Å². The molecule has 1 aromatic carbocycles. The lowest BCUT2D eigenvalue weighted by Gasteiger charge is -2.13. The minimum atomic E-state index is -1.18. The molecule has 1 amide bonds. The van der Waals surface area contributed by atoms with Crippen LogP contribution in [0.3, 0.4) is 0 Å². The summed E-state index contributed by atoms with van der Waals surface area (Å²) < 4.78 is 30.4. The highest BCUT2D eigenvalue weighted by Crippen LogP contribution is 2.20. The Morgan fingerprint density at radius 1 is 1.38 bits per heavy atom. The van der Waals surface area contributed by atoms with E-state index in [1.807, 2.05) is 0 Å². The van der Waals surface area contributed by atoms with Gasteiger partial charge in [0.25, 0.3) is 0 Å². The molecule has 1 unspecified atom stereocenters. The van der Waals surface area contributed by atoms with Gasteiger partial charge in [0.15, 0.2) is 17.7 Å². The number of methoxy groups -OCH3 is 1. The van der Waals surface area contributed by atoms with E-state index in [2.05, 4.69) is 10.1 Å². The first-order valence-corrected chi connectivity index (χ1v) is 7.01. The minimum absolute atomic E-state index is 0.0527. The summed E-state index contributed by atoms with van der Waals surface area (Å²) in [6, 6.07) is 2.36. The van der Waals surface area contributed by atoms with Crippen molar-refractivity contribution in [1.82, 2.24) is 5.32 Å². The summed E-state index contributed by atoms with van der Waals surface area (Å²) in [5.74, 6) is -3.19. The number of benzene rings is 1. The third-order valence-electron chi connectivity index (χ3n) is 2.46. The van der Waals surface area contributed by atoms with Crippen LogP contribution in [-0.4, -0.2) is 42.5 Å². The van der Waals surface area contributed by atoms with Crippen LogP contribution in [0.25, 0.3) is 0 Å². The van der Waals surface area contributed by atoms with Crippen molar-refractivity contribution in [2.75, 3.05) is 19.5 Å². The van der Waals surface area contributed by atoms with E-state index in [1.165, 1.54) is 24.9 Å². The summed E-state index contributed by atoms with van der Waals surface area (Å²) in [5, 5.41) is 11.1. The van der Waals surface area contributed by atoms with Crippen LogP contribution in [-0.2, 0) is 14.3 Å². The highest BCUT2D eigenvalue weighted by Gasteiger charge is 2.19. The highest BCUT2D eigenvalue weighted by atomic mass is 32.2. The number of aliphatic carboxylic acids is 1. The van der Waals surface area contributed by atoms with Crippen LogP contribution in [0.4, 0.5) is 8.78 Å². The molecule has 1 atom stereocenters. The molecule has 5 nitrogen and oxygen atoms in total. The van der Waals surface area contributed by atoms with Gasteiger partial charge in [-0.15, -0.1) is 11.8 Å². The predicted molar refractivity (Wildman–Crippen MR) is 73.1 cm³/mol. The lowest BCUT2D eigenvalue weighted by atomic mass is 10.3. The molecule has 0 radical (unpaired) electrons. The van der Waals surface area contributed by atoms with E-state index in [0.717, 1.165) is 12.1 Å². The second-order valence-corrected chi connectivity index (χ2v) is 5.26.